The normalized spacial score (nSPS) is 11.4. The van der Waals surface area contributed by atoms with Crippen molar-refractivity contribution in [2.45, 2.75) is 46.5 Å². The third kappa shape index (κ3) is 7.80. The van der Waals surface area contributed by atoms with Gasteiger partial charge in [0, 0.05) is 12.4 Å². The first-order valence-corrected chi connectivity index (χ1v) is 12.2. The smallest absolute Gasteiger partial charge is 0.493 e. The summed E-state index contributed by atoms with van der Waals surface area (Å²) in [5.74, 6) is 0.496. The number of aromatic nitrogens is 2. The third-order valence-corrected chi connectivity index (χ3v) is 5.46. The Bertz CT molecular complexity index is 1140. The Balaban J connectivity index is 1.91. The highest BCUT2D eigenvalue weighted by molar-refractivity contribution is 5.91. The molecule has 0 spiro atoms. The Labute approximate surface area is 211 Å². The van der Waals surface area contributed by atoms with E-state index in [4.69, 9.17) is 18.9 Å². The molecule has 0 radical (unpaired) electrons. The number of ether oxygens (including phenoxy) is 4. The Morgan fingerprint density at radius 3 is 2.47 bits per heavy atom. The van der Waals surface area contributed by atoms with Gasteiger partial charge in [0.05, 0.1) is 24.3 Å². The van der Waals surface area contributed by atoms with E-state index >= 15 is 0 Å². The van der Waals surface area contributed by atoms with Crippen LogP contribution in [0.3, 0.4) is 0 Å². The highest BCUT2D eigenvalue weighted by atomic mass is 16.7. The molecule has 0 fully saturated rings. The first-order valence-electron chi connectivity index (χ1n) is 12.2. The van der Waals surface area contributed by atoms with Crippen LogP contribution < -0.4 is 14.2 Å². The minimum Gasteiger partial charge on any atom is -0.493 e. The van der Waals surface area contributed by atoms with Gasteiger partial charge in [-0.05, 0) is 42.7 Å². The standard InChI is InChI=1S/C28H32N2O6/c1-4-6-10-17-33-28(32)35-24-14-13-22(34-19-20(3)5-2)18-23(24)25-26(30-16-15-29-25)36-27(31)21-11-8-7-9-12-21/h7-9,11-16,18,20H,4-6,10,17,19H2,1-3H3. The van der Waals surface area contributed by atoms with Gasteiger partial charge in [-0.25, -0.2) is 19.6 Å². The summed E-state index contributed by atoms with van der Waals surface area (Å²) < 4.78 is 22.2. The summed E-state index contributed by atoms with van der Waals surface area (Å²) in [5, 5.41) is 0. The third-order valence-electron chi connectivity index (χ3n) is 5.46. The van der Waals surface area contributed by atoms with Crippen LogP contribution in [0.4, 0.5) is 4.79 Å². The van der Waals surface area contributed by atoms with Gasteiger partial charge in [-0.3, -0.25) is 0 Å². The molecule has 0 aliphatic heterocycles. The topological polar surface area (TPSA) is 96.8 Å². The maximum Gasteiger partial charge on any atom is 0.513 e. The van der Waals surface area contributed by atoms with Gasteiger partial charge >= 0.3 is 12.1 Å². The lowest BCUT2D eigenvalue weighted by molar-refractivity contribution is 0.0727. The van der Waals surface area contributed by atoms with Gasteiger partial charge in [0.2, 0.25) is 5.88 Å². The van der Waals surface area contributed by atoms with Gasteiger partial charge < -0.3 is 18.9 Å². The molecule has 8 heteroatoms. The quantitative estimate of drug-likeness (QED) is 0.161. The van der Waals surface area contributed by atoms with Crippen molar-refractivity contribution in [3.05, 3.63) is 66.5 Å². The molecule has 8 nitrogen and oxygen atoms in total. The van der Waals surface area contributed by atoms with E-state index in [1.54, 1.807) is 48.5 Å². The van der Waals surface area contributed by atoms with Crippen LogP contribution in [0.15, 0.2) is 60.9 Å². The molecule has 36 heavy (non-hydrogen) atoms. The van der Waals surface area contributed by atoms with Gasteiger partial charge in [-0.15, -0.1) is 0 Å². The molecule has 3 rings (SSSR count). The minimum absolute atomic E-state index is 0.0217. The second-order valence-electron chi connectivity index (χ2n) is 8.36. The van der Waals surface area contributed by atoms with Crippen LogP contribution >= 0.6 is 0 Å². The van der Waals surface area contributed by atoms with Crippen molar-refractivity contribution >= 4 is 12.1 Å². The summed E-state index contributed by atoms with van der Waals surface area (Å²) in [6.07, 6.45) is 5.76. The zero-order chi connectivity index (χ0) is 25.8. The Morgan fingerprint density at radius 1 is 0.944 bits per heavy atom. The second-order valence-corrected chi connectivity index (χ2v) is 8.36. The van der Waals surface area contributed by atoms with E-state index in [0.717, 1.165) is 25.7 Å². The van der Waals surface area contributed by atoms with E-state index in [1.165, 1.54) is 12.4 Å². The number of hydrogen-bond donors (Lipinski definition) is 0. The first kappa shape index (κ1) is 26.7. The summed E-state index contributed by atoms with van der Waals surface area (Å²) in [4.78, 5) is 33.6. The number of hydrogen-bond acceptors (Lipinski definition) is 8. The van der Waals surface area contributed by atoms with Crippen molar-refractivity contribution in [3.8, 4) is 28.6 Å². The number of unbranched alkanes of at least 4 members (excludes halogenated alkanes) is 2. The molecule has 1 unspecified atom stereocenters. The predicted octanol–water partition coefficient (Wildman–Crippen LogP) is 6.49. The molecule has 0 saturated carbocycles. The molecule has 190 valence electrons. The van der Waals surface area contributed by atoms with Crippen molar-refractivity contribution in [2.24, 2.45) is 5.92 Å². The van der Waals surface area contributed by atoms with Crippen LogP contribution in [0.1, 0.15) is 56.8 Å². The lowest BCUT2D eigenvalue weighted by Gasteiger charge is -2.15. The molecule has 0 aliphatic carbocycles. The molecule has 0 saturated heterocycles. The Morgan fingerprint density at radius 2 is 1.72 bits per heavy atom. The van der Waals surface area contributed by atoms with E-state index in [2.05, 4.69) is 30.7 Å². The van der Waals surface area contributed by atoms with Crippen molar-refractivity contribution in [3.63, 3.8) is 0 Å². The molecule has 1 aromatic heterocycles. The fourth-order valence-corrected chi connectivity index (χ4v) is 3.16. The monoisotopic (exact) mass is 492 g/mol. The molecule has 0 aliphatic rings. The molecule has 0 bridgehead atoms. The largest absolute Gasteiger partial charge is 0.513 e. The molecule has 3 aromatic rings. The van der Waals surface area contributed by atoms with Crippen LogP contribution in [-0.4, -0.2) is 35.3 Å². The van der Waals surface area contributed by atoms with Gasteiger partial charge in [0.1, 0.15) is 17.2 Å². The second kappa shape index (κ2) is 13.8. The SMILES string of the molecule is CCCCCOC(=O)Oc1ccc(OCC(C)CC)cc1-c1nccnc1OC(=O)c1ccccc1. The molecular formula is C28H32N2O6. The van der Waals surface area contributed by atoms with Crippen molar-refractivity contribution in [1.29, 1.82) is 0 Å². The summed E-state index contributed by atoms with van der Waals surface area (Å²) in [6.45, 7) is 7.04. The maximum absolute atomic E-state index is 12.7. The minimum atomic E-state index is -0.827. The van der Waals surface area contributed by atoms with Crippen LogP contribution in [-0.2, 0) is 4.74 Å². The fourth-order valence-electron chi connectivity index (χ4n) is 3.16. The molecular weight excluding hydrogens is 460 g/mol. The lowest BCUT2D eigenvalue weighted by Crippen LogP contribution is -2.13. The average Bonchev–Trinajstić information content (AvgIpc) is 2.91. The van der Waals surface area contributed by atoms with Gasteiger partial charge in [0.15, 0.2) is 0 Å². The number of nitrogens with zero attached hydrogens (tertiary/aromatic N) is 2. The predicted molar refractivity (Wildman–Crippen MR) is 135 cm³/mol. The van der Waals surface area contributed by atoms with E-state index < -0.39 is 12.1 Å². The van der Waals surface area contributed by atoms with Crippen molar-refractivity contribution < 1.29 is 28.5 Å². The Kier molecular flexibility index (Phi) is 10.2. The van der Waals surface area contributed by atoms with E-state index in [-0.39, 0.29) is 23.9 Å². The fraction of sp³-hybridized carbons (Fsp3) is 0.357. The summed E-state index contributed by atoms with van der Waals surface area (Å²) in [6, 6.07) is 13.6. The van der Waals surface area contributed by atoms with Crippen LogP contribution in [0, 0.1) is 5.92 Å². The molecule has 1 atom stereocenters. The highest BCUT2D eigenvalue weighted by Gasteiger charge is 2.21. The number of esters is 1. The van der Waals surface area contributed by atoms with Gasteiger partial charge in [-0.1, -0.05) is 58.2 Å². The lowest BCUT2D eigenvalue weighted by atomic mass is 10.1. The summed E-state index contributed by atoms with van der Waals surface area (Å²) in [7, 11) is 0. The van der Waals surface area contributed by atoms with E-state index in [1.807, 2.05) is 0 Å². The van der Waals surface area contributed by atoms with Crippen LogP contribution in [0.25, 0.3) is 11.3 Å². The molecule has 0 N–H and O–H groups in total. The Hall–Kier alpha value is -3.94. The van der Waals surface area contributed by atoms with Crippen molar-refractivity contribution in [2.75, 3.05) is 13.2 Å². The van der Waals surface area contributed by atoms with Gasteiger partial charge in [-0.2, -0.15) is 0 Å². The van der Waals surface area contributed by atoms with Crippen molar-refractivity contribution in [1.82, 2.24) is 9.97 Å². The average molecular weight is 493 g/mol. The zero-order valence-corrected chi connectivity index (χ0v) is 20.9. The van der Waals surface area contributed by atoms with Crippen LogP contribution in [0.5, 0.6) is 17.4 Å². The number of rotatable bonds is 12. The first-order chi connectivity index (χ1) is 17.5. The van der Waals surface area contributed by atoms with E-state index in [9.17, 15) is 9.59 Å². The number of benzene rings is 2. The number of carbonyl (C=O) groups excluding carboxylic acids is 2. The maximum atomic E-state index is 12.7. The summed E-state index contributed by atoms with van der Waals surface area (Å²) >= 11 is 0. The summed E-state index contributed by atoms with van der Waals surface area (Å²) in [5.41, 5.74) is 0.975. The molecule has 0 amide bonds. The zero-order valence-electron chi connectivity index (χ0n) is 20.9. The highest BCUT2D eigenvalue weighted by Crippen LogP contribution is 2.37. The number of carbonyl (C=O) groups is 2. The van der Waals surface area contributed by atoms with Crippen LogP contribution in [0.2, 0.25) is 0 Å². The molecule has 2 aromatic carbocycles. The van der Waals surface area contributed by atoms with E-state index in [0.29, 0.717) is 29.4 Å². The molecule has 1 heterocycles. The van der Waals surface area contributed by atoms with Gasteiger partial charge in [0.25, 0.3) is 0 Å².